The molecule has 3 aromatic heterocycles. The Morgan fingerprint density at radius 2 is 2.29 bits per heavy atom. The molecule has 148 valence electrons. The van der Waals surface area contributed by atoms with Crippen LogP contribution in [0.4, 0.5) is 0 Å². The summed E-state index contributed by atoms with van der Waals surface area (Å²) in [7, 11) is 1.64. The third-order valence-corrected chi connectivity index (χ3v) is 7.06. The van der Waals surface area contributed by atoms with E-state index in [0.717, 1.165) is 51.7 Å². The summed E-state index contributed by atoms with van der Waals surface area (Å²) in [6.45, 7) is 5.98. The molecule has 3 aromatic rings. The third-order valence-electron chi connectivity index (χ3n) is 5.03. The molecule has 0 bridgehead atoms. The van der Waals surface area contributed by atoms with Gasteiger partial charge in [0, 0.05) is 55.3 Å². The molecule has 1 saturated heterocycles. The molecule has 4 heterocycles. The van der Waals surface area contributed by atoms with Crippen molar-refractivity contribution in [1.82, 2.24) is 20.2 Å². The number of nitrogens with one attached hydrogen (secondary N) is 1. The van der Waals surface area contributed by atoms with E-state index < -0.39 is 0 Å². The molecule has 1 atom stereocenters. The molecule has 0 radical (unpaired) electrons. The van der Waals surface area contributed by atoms with Gasteiger partial charge in [0.1, 0.15) is 4.83 Å². The molecule has 1 aliphatic heterocycles. The number of methoxy groups -OCH3 is 1. The largest absolute Gasteiger partial charge is 0.383 e. The lowest BCUT2D eigenvalue weighted by molar-refractivity contribution is 0.0940. The topological polar surface area (TPSA) is 67.3 Å². The van der Waals surface area contributed by atoms with Crippen LogP contribution >= 0.6 is 22.7 Å². The minimum atomic E-state index is -0.0217. The Hall–Kier alpha value is -1.87. The number of thiophene rings is 1. The van der Waals surface area contributed by atoms with Gasteiger partial charge in [-0.25, -0.2) is 9.97 Å². The van der Waals surface area contributed by atoms with Crippen molar-refractivity contribution in [3.63, 3.8) is 0 Å². The summed E-state index contributed by atoms with van der Waals surface area (Å²) >= 11 is 3.25. The van der Waals surface area contributed by atoms with Crippen LogP contribution in [0.5, 0.6) is 0 Å². The molecule has 6 nitrogen and oxygen atoms in total. The van der Waals surface area contributed by atoms with E-state index in [2.05, 4.69) is 26.3 Å². The maximum absolute atomic E-state index is 12.8. The molecule has 0 saturated carbocycles. The minimum absolute atomic E-state index is 0.0217. The SMILES string of the molecule is COCCNC(=O)c1sc2ncccc2c1[C@@H]1CCN(Cc2cnc(C)s2)C1. The first kappa shape index (κ1) is 19.4. The number of likely N-dealkylation sites (tertiary alicyclic amines) is 1. The molecular formula is C20H24N4O2S2. The fraction of sp³-hybridized carbons (Fsp3) is 0.450. The van der Waals surface area contributed by atoms with E-state index in [1.54, 1.807) is 24.6 Å². The number of fused-ring (bicyclic) bond motifs is 1. The van der Waals surface area contributed by atoms with Crippen molar-refractivity contribution in [2.24, 2.45) is 0 Å². The van der Waals surface area contributed by atoms with Crippen molar-refractivity contribution in [3.8, 4) is 0 Å². The van der Waals surface area contributed by atoms with Crippen LogP contribution in [-0.2, 0) is 11.3 Å². The Kier molecular flexibility index (Phi) is 6.01. The summed E-state index contributed by atoms with van der Waals surface area (Å²) in [6, 6.07) is 4.05. The van der Waals surface area contributed by atoms with E-state index >= 15 is 0 Å². The maximum Gasteiger partial charge on any atom is 0.261 e. The number of hydrogen-bond acceptors (Lipinski definition) is 7. The van der Waals surface area contributed by atoms with Crippen molar-refractivity contribution >= 4 is 38.8 Å². The summed E-state index contributed by atoms with van der Waals surface area (Å²) in [5, 5.41) is 5.20. The van der Waals surface area contributed by atoms with Crippen LogP contribution in [0.3, 0.4) is 0 Å². The number of ether oxygens (including phenoxy) is 1. The average molecular weight is 417 g/mol. The second kappa shape index (κ2) is 8.65. The molecule has 28 heavy (non-hydrogen) atoms. The predicted molar refractivity (Wildman–Crippen MR) is 113 cm³/mol. The second-order valence-electron chi connectivity index (χ2n) is 7.02. The first-order chi connectivity index (χ1) is 13.7. The summed E-state index contributed by atoms with van der Waals surface area (Å²) in [5.41, 5.74) is 1.16. The Morgan fingerprint density at radius 1 is 1.39 bits per heavy atom. The Bertz CT molecular complexity index is 968. The van der Waals surface area contributed by atoms with E-state index in [9.17, 15) is 4.79 Å². The number of hydrogen-bond donors (Lipinski definition) is 1. The van der Waals surface area contributed by atoms with Crippen LogP contribution in [0.2, 0.25) is 0 Å². The van der Waals surface area contributed by atoms with Gasteiger partial charge in [0.2, 0.25) is 0 Å². The van der Waals surface area contributed by atoms with Crippen molar-refractivity contribution in [2.75, 3.05) is 33.4 Å². The number of thiazole rings is 1. The van der Waals surface area contributed by atoms with Crippen LogP contribution in [0, 0.1) is 6.92 Å². The average Bonchev–Trinajstić information content (AvgIpc) is 3.40. The number of nitrogens with zero attached hydrogens (tertiary/aromatic N) is 3. The number of aryl methyl sites for hydroxylation is 1. The van der Waals surface area contributed by atoms with Gasteiger partial charge in [0.15, 0.2) is 0 Å². The number of carbonyl (C=O) groups is 1. The van der Waals surface area contributed by atoms with Gasteiger partial charge < -0.3 is 10.1 Å². The Balaban J connectivity index is 1.56. The molecule has 1 aliphatic rings. The molecule has 1 amide bonds. The maximum atomic E-state index is 12.8. The molecule has 4 rings (SSSR count). The van der Waals surface area contributed by atoms with Crippen molar-refractivity contribution in [2.45, 2.75) is 25.8 Å². The predicted octanol–water partition coefficient (Wildman–Crippen LogP) is 3.43. The van der Waals surface area contributed by atoms with Crippen LogP contribution < -0.4 is 5.32 Å². The van der Waals surface area contributed by atoms with Gasteiger partial charge in [0.25, 0.3) is 5.91 Å². The normalized spacial score (nSPS) is 17.4. The van der Waals surface area contributed by atoms with Gasteiger partial charge in [-0.15, -0.1) is 22.7 Å². The number of amides is 1. The van der Waals surface area contributed by atoms with E-state index in [0.29, 0.717) is 19.1 Å². The highest BCUT2D eigenvalue weighted by molar-refractivity contribution is 7.20. The second-order valence-corrected chi connectivity index (χ2v) is 9.33. The van der Waals surface area contributed by atoms with Crippen molar-refractivity contribution < 1.29 is 9.53 Å². The lowest BCUT2D eigenvalue weighted by atomic mass is 9.95. The third kappa shape index (κ3) is 4.10. The van der Waals surface area contributed by atoms with Crippen LogP contribution in [0.25, 0.3) is 10.2 Å². The monoisotopic (exact) mass is 416 g/mol. The molecule has 8 heteroatoms. The summed E-state index contributed by atoms with van der Waals surface area (Å²) < 4.78 is 5.05. The van der Waals surface area contributed by atoms with Crippen LogP contribution in [0.15, 0.2) is 24.5 Å². The summed E-state index contributed by atoms with van der Waals surface area (Å²) in [4.78, 5) is 27.2. The summed E-state index contributed by atoms with van der Waals surface area (Å²) in [5.74, 6) is 0.321. The fourth-order valence-electron chi connectivity index (χ4n) is 3.78. The van der Waals surface area contributed by atoms with Gasteiger partial charge in [0.05, 0.1) is 16.5 Å². The molecule has 1 fully saturated rings. The smallest absolute Gasteiger partial charge is 0.261 e. The number of rotatable bonds is 7. The molecule has 1 N–H and O–H groups in total. The van der Waals surface area contributed by atoms with Crippen LogP contribution in [-0.4, -0.2) is 54.1 Å². The first-order valence-corrected chi connectivity index (χ1v) is 11.1. The highest BCUT2D eigenvalue weighted by Gasteiger charge is 2.31. The van der Waals surface area contributed by atoms with Crippen molar-refractivity contribution in [1.29, 1.82) is 0 Å². The van der Waals surface area contributed by atoms with E-state index in [4.69, 9.17) is 4.74 Å². The molecular weight excluding hydrogens is 392 g/mol. The number of carbonyl (C=O) groups excluding carboxylic acids is 1. The van der Waals surface area contributed by atoms with E-state index in [1.165, 1.54) is 16.2 Å². The lowest BCUT2D eigenvalue weighted by Crippen LogP contribution is -2.27. The zero-order chi connectivity index (χ0) is 19.5. The highest BCUT2D eigenvalue weighted by atomic mass is 32.1. The lowest BCUT2D eigenvalue weighted by Gasteiger charge is -2.16. The van der Waals surface area contributed by atoms with Gasteiger partial charge in [-0.3, -0.25) is 9.69 Å². The van der Waals surface area contributed by atoms with Gasteiger partial charge in [-0.05, 0) is 31.5 Å². The molecule has 0 aliphatic carbocycles. The molecule has 0 aromatic carbocycles. The molecule has 0 spiro atoms. The number of pyridine rings is 1. The fourth-order valence-corrected chi connectivity index (χ4v) is 5.77. The van der Waals surface area contributed by atoms with Gasteiger partial charge >= 0.3 is 0 Å². The highest BCUT2D eigenvalue weighted by Crippen LogP contribution is 2.39. The minimum Gasteiger partial charge on any atom is -0.383 e. The Labute approximate surface area is 172 Å². The number of aromatic nitrogens is 2. The van der Waals surface area contributed by atoms with Gasteiger partial charge in [-0.2, -0.15) is 0 Å². The van der Waals surface area contributed by atoms with Crippen molar-refractivity contribution in [3.05, 3.63) is 44.9 Å². The van der Waals surface area contributed by atoms with Crippen LogP contribution in [0.1, 0.15) is 37.5 Å². The van der Waals surface area contributed by atoms with Gasteiger partial charge in [-0.1, -0.05) is 6.07 Å². The standard InChI is InChI=1S/C20H24N4O2S2/c1-13-23-10-15(27-13)12-24-8-5-14(11-24)17-16-4-3-6-22-20(16)28-18(17)19(25)21-7-9-26-2/h3-4,6,10,14H,5,7-9,11-12H2,1-2H3,(H,21,25)/t14-/m1/s1. The molecule has 0 unspecified atom stereocenters. The zero-order valence-electron chi connectivity index (χ0n) is 16.1. The van der Waals surface area contributed by atoms with E-state index in [-0.39, 0.29) is 5.91 Å². The summed E-state index contributed by atoms with van der Waals surface area (Å²) in [6.07, 6.45) is 4.82. The first-order valence-electron chi connectivity index (χ1n) is 9.44. The zero-order valence-corrected chi connectivity index (χ0v) is 17.7. The quantitative estimate of drug-likeness (QED) is 0.598. The Morgan fingerprint density at radius 3 is 3.07 bits per heavy atom. The van der Waals surface area contributed by atoms with E-state index in [1.807, 2.05) is 19.2 Å².